The molecule has 100 valence electrons. The van der Waals surface area contributed by atoms with E-state index in [4.69, 9.17) is 11.6 Å². The molecule has 2 rings (SSSR count). The maximum atomic E-state index is 9.41. The number of hydrogen-bond acceptors (Lipinski definition) is 3. The molecule has 0 heterocycles. The van der Waals surface area contributed by atoms with Gasteiger partial charge in [-0.1, -0.05) is 41.6 Å². The Morgan fingerprint density at radius 3 is 2.58 bits per heavy atom. The molecular weight excluding hydrogens is 278 g/mol. The van der Waals surface area contributed by atoms with E-state index in [1.54, 1.807) is 11.8 Å². The average molecular weight is 294 g/mol. The van der Waals surface area contributed by atoms with Crippen LogP contribution in [0.15, 0.2) is 52.3 Å². The van der Waals surface area contributed by atoms with Crippen LogP contribution in [0.3, 0.4) is 0 Å². The molecular formula is C15H16ClNOS. The minimum Gasteiger partial charge on any atom is -0.392 e. The molecule has 0 atom stereocenters. The second kappa shape index (κ2) is 6.96. The third kappa shape index (κ3) is 3.74. The molecule has 0 saturated heterocycles. The number of rotatable bonds is 5. The van der Waals surface area contributed by atoms with Crippen molar-refractivity contribution in [2.24, 2.45) is 0 Å². The molecule has 0 aliphatic heterocycles. The zero-order valence-corrected chi connectivity index (χ0v) is 12.3. The van der Waals surface area contributed by atoms with Gasteiger partial charge in [0.25, 0.3) is 0 Å². The Bertz CT molecular complexity index is 560. The van der Waals surface area contributed by atoms with E-state index >= 15 is 0 Å². The van der Waals surface area contributed by atoms with E-state index in [9.17, 15) is 5.11 Å². The molecule has 2 aromatic rings. The van der Waals surface area contributed by atoms with Crippen LogP contribution in [-0.2, 0) is 13.2 Å². The molecule has 2 aromatic carbocycles. The minimum absolute atomic E-state index is 0.00289. The maximum absolute atomic E-state index is 9.41. The largest absolute Gasteiger partial charge is 0.392 e. The van der Waals surface area contributed by atoms with Gasteiger partial charge in [0.15, 0.2) is 0 Å². The lowest BCUT2D eigenvalue weighted by Crippen LogP contribution is -2.05. The van der Waals surface area contributed by atoms with Crippen LogP contribution in [-0.4, -0.2) is 12.2 Å². The summed E-state index contributed by atoms with van der Waals surface area (Å²) in [6, 6.07) is 13.9. The Balaban J connectivity index is 2.30. The van der Waals surface area contributed by atoms with E-state index in [0.717, 1.165) is 17.0 Å². The summed E-state index contributed by atoms with van der Waals surface area (Å²) in [5.74, 6) is 0. The maximum Gasteiger partial charge on any atom is 0.0693 e. The molecule has 0 unspecified atom stereocenters. The lowest BCUT2D eigenvalue weighted by Gasteiger charge is -2.11. The average Bonchev–Trinajstić information content (AvgIpc) is 2.43. The number of benzene rings is 2. The summed E-state index contributed by atoms with van der Waals surface area (Å²) in [4.78, 5) is 2.23. The van der Waals surface area contributed by atoms with Crippen molar-refractivity contribution in [1.82, 2.24) is 5.32 Å². The topological polar surface area (TPSA) is 32.3 Å². The summed E-state index contributed by atoms with van der Waals surface area (Å²) in [6.07, 6.45) is 0. The lowest BCUT2D eigenvalue weighted by molar-refractivity contribution is 0.279. The molecule has 0 amide bonds. The van der Waals surface area contributed by atoms with E-state index in [1.807, 2.05) is 37.4 Å². The van der Waals surface area contributed by atoms with Gasteiger partial charge >= 0.3 is 0 Å². The third-order valence-corrected chi connectivity index (χ3v) is 4.22. The van der Waals surface area contributed by atoms with Crippen LogP contribution in [0.4, 0.5) is 0 Å². The van der Waals surface area contributed by atoms with Crippen molar-refractivity contribution in [3.63, 3.8) is 0 Å². The Labute approximate surface area is 122 Å². The molecule has 0 aromatic heterocycles. The summed E-state index contributed by atoms with van der Waals surface area (Å²) in [6.45, 7) is 0.822. The summed E-state index contributed by atoms with van der Waals surface area (Å²) in [5.41, 5.74) is 2.10. The highest BCUT2D eigenvalue weighted by atomic mass is 35.5. The van der Waals surface area contributed by atoms with Gasteiger partial charge < -0.3 is 10.4 Å². The Morgan fingerprint density at radius 1 is 1.11 bits per heavy atom. The molecule has 19 heavy (non-hydrogen) atoms. The van der Waals surface area contributed by atoms with Gasteiger partial charge in [-0.15, -0.1) is 0 Å². The Hall–Kier alpha value is -1.00. The first-order chi connectivity index (χ1) is 9.24. The Kier molecular flexibility index (Phi) is 5.28. The van der Waals surface area contributed by atoms with Crippen LogP contribution in [0.25, 0.3) is 0 Å². The lowest BCUT2D eigenvalue weighted by atomic mass is 10.2. The van der Waals surface area contributed by atoms with Crippen molar-refractivity contribution < 1.29 is 5.11 Å². The molecule has 0 bridgehead atoms. The van der Waals surface area contributed by atoms with Crippen LogP contribution >= 0.6 is 23.4 Å². The van der Waals surface area contributed by atoms with Crippen molar-refractivity contribution >= 4 is 23.4 Å². The highest BCUT2D eigenvalue weighted by Gasteiger charge is 2.07. The predicted molar refractivity (Wildman–Crippen MR) is 80.7 cm³/mol. The molecule has 2 N–H and O–H groups in total. The molecule has 0 aliphatic rings. The fourth-order valence-corrected chi connectivity index (χ4v) is 3.07. The predicted octanol–water partition coefficient (Wildman–Crippen LogP) is 3.70. The molecule has 2 nitrogen and oxygen atoms in total. The first kappa shape index (κ1) is 14.4. The normalized spacial score (nSPS) is 10.7. The molecule has 4 heteroatoms. The minimum atomic E-state index is -0.00289. The number of aliphatic hydroxyl groups is 1. The highest BCUT2D eigenvalue weighted by Crippen LogP contribution is 2.34. The third-order valence-electron chi connectivity index (χ3n) is 2.75. The fourth-order valence-electron chi connectivity index (χ4n) is 1.83. The van der Waals surface area contributed by atoms with Crippen LogP contribution in [0, 0.1) is 0 Å². The molecule has 0 saturated carbocycles. The SMILES string of the molecule is CNCc1ccccc1Sc1ccc(Cl)cc1CO. The second-order valence-corrected chi connectivity index (χ2v) is 5.67. The quantitative estimate of drug-likeness (QED) is 0.881. The van der Waals surface area contributed by atoms with E-state index in [1.165, 1.54) is 10.5 Å². The number of hydrogen-bond donors (Lipinski definition) is 2. The summed E-state index contributed by atoms with van der Waals surface area (Å²) < 4.78 is 0. The zero-order valence-electron chi connectivity index (χ0n) is 10.7. The van der Waals surface area contributed by atoms with Gasteiger partial charge in [-0.25, -0.2) is 0 Å². The van der Waals surface area contributed by atoms with E-state index < -0.39 is 0 Å². The van der Waals surface area contributed by atoms with Crippen molar-refractivity contribution in [2.45, 2.75) is 22.9 Å². The Morgan fingerprint density at radius 2 is 1.84 bits per heavy atom. The fraction of sp³-hybridized carbons (Fsp3) is 0.200. The molecule has 0 spiro atoms. The summed E-state index contributed by atoms with van der Waals surface area (Å²) >= 11 is 7.60. The molecule has 0 aliphatic carbocycles. The molecule has 0 radical (unpaired) electrons. The number of aliphatic hydroxyl groups excluding tert-OH is 1. The summed E-state index contributed by atoms with van der Waals surface area (Å²) in [5, 5.41) is 13.2. The summed E-state index contributed by atoms with van der Waals surface area (Å²) in [7, 11) is 1.93. The van der Waals surface area contributed by atoms with E-state index in [-0.39, 0.29) is 6.61 Å². The smallest absolute Gasteiger partial charge is 0.0693 e. The van der Waals surface area contributed by atoms with Crippen molar-refractivity contribution in [3.05, 3.63) is 58.6 Å². The van der Waals surface area contributed by atoms with Crippen LogP contribution in [0.2, 0.25) is 5.02 Å². The van der Waals surface area contributed by atoms with Gasteiger partial charge in [-0.2, -0.15) is 0 Å². The van der Waals surface area contributed by atoms with Gasteiger partial charge in [0, 0.05) is 21.4 Å². The van der Waals surface area contributed by atoms with Crippen molar-refractivity contribution in [3.8, 4) is 0 Å². The van der Waals surface area contributed by atoms with Gasteiger partial charge in [-0.05, 0) is 42.4 Å². The molecule has 0 fully saturated rings. The number of halogens is 1. The zero-order chi connectivity index (χ0) is 13.7. The van der Waals surface area contributed by atoms with Crippen LogP contribution in [0.1, 0.15) is 11.1 Å². The highest BCUT2D eigenvalue weighted by molar-refractivity contribution is 7.99. The van der Waals surface area contributed by atoms with Crippen molar-refractivity contribution in [1.29, 1.82) is 0 Å². The van der Waals surface area contributed by atoms with Gasteiger partial charge in [0.2, 0.25) is 0 Å². The number of nitrogens with one attached hydrogen (secondary N) is 1. The van der Waals surface area contributed by atoms with Crippen molar-refractivity contribution in [2.75, 3.05) is 7.05 Å². The van der Waals surface area contributed by atoms with Gasteiger partial charge in [-0.3, -0.25) is 0 Å². The van der Waals surface area contributed by atoms with E-state index in [2.05, 4.69) is 17.4 Å². The second-order valence-electron chi connectivity index (χ2n) is 4.15. The van der Waals surface area contributed by atoms with Gasteiger partial charge in [0.1, 0.15) is 0 Å². The standard InChI is InChI=1S/C15H16ClNOS/c1-17-9-11-4-2-3-5-14(11)19-15-7-6-13(16)8-12(15)10-18/h2-8,17-18H,9-10H2,1H3. The van der Waals surface area contributed by atoms with E-state index in [0.29, 0.717) is 5.02 Å². The van der Waals surface area contributed by atoms with Crippen LogP contribution < -0.4 is 5.32 Å². The first-order valence-electron chi connectivity index (χ1n) is 6.04. The monoisotopic (exact) mass is 293 g/mol. The van der Waals surface area contributed by atoms with Crippen LogP contribution in [0.5, 0.6) is 0 Å². The first-order valence-corrected chi connectivity index (χ1v) is 7.23. The van der Waals surface area contributed by atoms with Gasteiger partial charge in [0.05, 0.1) is 6.61 Å².